The third kappa shape index (κ3) is 6.84. The van der Waals surface area contributed by atoms with Crippen molar-refractivity contribution in [3.63, 3.8) is 0 Å². The second-order valence-corrected chi connectivity index (χ2v) is 14.1. The van der Waals surface area contributed by atoms with Gasteiger partial charge in [0.25, 0.3) is 0 Å². The summed E-state index contributed by atoms with van der Waals surface area (Å²) >= 11 is 1.74. The highest BCUT2D eigenvalue weighted by Gasteiger charge is 2.60. The third-order valence-electron chi connectivity index (χ3n) is 8.93. The molecule has 0 aromatic heterocycles. The summed E-state index contributed by atoms with van der Waals surface area (Å²) in [7, 11) is -4.63. The average molecular weight is 785 g/mol. The molecule has 2 bridgehead atoms. The summed E-state index contributed by atoms with van der Waals surface area (Å²) in [5.41, 5.74) is 2.01. The summed E-state index contributed by atoms with van der Waals surface area (Å²) in [6, 6.07) is 17.4. The maximum Gasteiger partial charge on any atom is 0.310 e. The predicted molar refractivity (Wildman–Crippen MR) is 175 cm³/mol. The van der Waals surface area contributed by atoms with Gasteiger partial charge in [0.05, 0.1) is 22.7 Å². The van der Waals surface area contributed by atoms with Crippen molar-refractivity contribution in [1.82, 2.24) is 0 Å². The van der Waals surface area contributed by atoms with E-state index in [1.54, 1.807) is 22.6 Å². The monoisotopic (exact) mass is 784 g/mol. The number of aromatic carboxylic acids is 1. The molecule has 0 spiro atoms. The molecule has 6 unspecified atom stereocenters. The number of carbonyl (C=O) groups is 3. The Morgan fingerprint density at radius 3 is 1.69 bits per heavy atom. The molecule has 4 aliphatic carbocycles. The number of benzene rings is 3. The summed E-state index contributed by atoms with van der Waals surface area (Å²) in [6.07, 6.45) is 8.07. The molecule has 0 radical (unpaired) electrons. The fourth-order valence-electron chi connectivity index (χ4n) is 7.05. The highest BCUT2D eigenvalue weighted by Crippen LogP contribution is 2.62. The summed E-state index contributed by atoms with van der Waals surface area (Å²) in [4.78, 5) is 38.4. The number of esters is 2. The van der Waals surface area contributed by atoms with Gasteiger partial charge < -0.3 is 33.4 Å². The molecule has 13 heteroatoms. The normalized spacial score (nSPS) is 23.5. The van der Waals surface area contributed by atoms with E-state index in [-0.39, 0.29) is 64.1 Å². The highest BCUT2D eigenvalue weighted by molar-refractivity contribution is 14.1. The van der Waals surface area contributed by atoms with E-state index in [2.05, 4.69) is 12.2 Å². The molecule has 11 nitrogen and oxygen atoms in total. The Kier molecular flexibility index (Phi) is 9.90. The number of ether oxygens (including phenoxy) is 4. The maximum atomic E-state index is 13.9. The molecule has 3 aromatic rings. The first kappa shape index (κ1) is 33.7. The summed E-state index contributed by atoms with van der Waals surface area (Å²) < 4.78 is 57.1. The van der Waals surface area contributed by atoms with E-state index in [1.807, 2.05) is 36.4 Å². The van der Waals surface area contributed by atoms with E-state index >= 15 is 0 Å². The van der Waals surface area contributed by atoms with Crippen molar-refractivity contribution in [2.45, 2.75) is 16.7 Å². The zero-order chi connectivity index (χ0) is 34.0. The molecule has 250 valence electrons. The molecular weight excluding hydrogens is 755 g/mol. The molecule has 1 fully saturated rings. The standard InChI is InChI=1S/C35H31IO11S/c36-27-19-22(13-14-28(27)48(41,42)43)45-16-18-47-35(40)32-30-25-7-3-1-5-23(25)29(24-6-2-4-8-26(24)30)31(32)34(39)46-17-15-44-21-11-9-20(10-12-21)33(37)38/h1-14,19,23,25,29-32H,15-18H2,(H,37,38)(H,41,42,43)/p-2. The van der Waals surface area contributed by atoms with Gasteiger partial charge in [-0.25, -0.2) is 8.42 Å². The van der Waals surface area contributed by atoms with E-state index in [0.717, 1.165) is 17.2 Å². The van der Waals surface area contributed by atoms with Crippen molar-refractivity contribution in [2.24, 2.45) is 23.7 Å². The van der Waals surface area contributed by atoms with Gasteiger partial charge in [-0.2, -0.15) is 0 Å². The molecule has 0 saturated heterocycles. The molecule has 4 aliphatic rings. The van der Waals surface area contributed by atoms with Crippen LogP contribution in [0.15, 0.2) is 95.9 Å². The van der Waals surface area contributed by atoms with Crippen LogP contribution in [-0.2, 0) is 29.2 Å². The fourth-order valence-corrected chi connectivity index (χ4v) is 8.88. The number of allylic oxidation sites excluding steroid dienone is 4. The second kappa shape index (κ2) is 14.1. The maximum absolute atomic E-state index is 13.9. The lowest BCUT2D eigenvalue weighted by Gasteiger charge is -2.54. The quantitative estimate of drug-likeness (QED) is 0.114. The van der Waals surface area contributed by atoms with Crippen molar-refractivity contribution in [3.8, 4) is 11.5 Å². The minimum Gasteiger partial charge on any atom is -0.744 e. The van der Waals surface area contributed by atoms with Crippen LogP contribution in [0.3, 0.4) is 0 Å². The number of fused-ring (bicyclic) bond motifs is 1. The van der Waals surface area contributed by atoms with E-state index in [1.165, 1.54) is 36.4 Å². The first-order valence-corrected chi connectivity index (χ1v) is 17.6. The fraction of sp³-hybridized carbons (Fsp3) is 0.286. The topological polar surface area (TPSA) is 168 Å². The van der Waals surface area contributed by atoms with Gasteiger partial charge in [0.1, 0.15) is 48.0 Å². The third-order valence-corrected chi connectivity index (χ3v) is 11.1. The lowest BCUT2D eigenvalue weighted by atomic mass is 9.48. The number of halogens is 1. The Bertz CT molecular complexity index is 1890. The van der Waals surface area contributed by atoms with E-state index < -0.39 is 39.9 Å². The van der Waals surface area contributed by atoms with Crippen molar-refractivity contribution < 1.29 is 51.4 Å². The van der Waals surface area contributed by atoms with Crippen LogP contribution in [0.25, 0.3) is 0 Å². The van der Waals surface area contributed by atoms with Crippen LogP contribution >= 0.6 is 22.6 Å². The number of hydrogen-bond acceptors (Lipinski definition) is 11. The number of rotatable bonds is 12. The first-order chi connectivity index (χ1) is 23.0. The minimum atomic E-state index is -4.63. The SMILES string of the molecule is O=C([O-])c1ccc(OCCOC(=O)C2C(C(=O)OCCOc3ccc(S(=O)(=O)[O-])c(I)c3)C3c4ccccc4C2C2C=CC=CC23)cc1. The zero-order valence-electron chi connectivity index (χ0n) is 25.2. The van der Waals surface area contributed by atoms with E-state index in [9.17, 15) is 32.5 Å². The Morgan fingerprint density at radius 2 is 1.21 bits per heavy atom. The van der Waals surface area contributed by atoms with E-state index in [0.29, 0.717) is 11.5 Å². The van der Waals surface area contributed by atoms with Crippen LogP contribution < -0.4 is 14.6 Å². The molecule has 1 saturated carbocycles. The second-order valence-electron chi connectivity index (χ2n) is 11.5. The van der Waals surface area contributed by atoms with Crippen molar-refractivity contribution in [3.05, 3.63) is 111 Å². The zero-order valence-corrected chi connectivity index (χ0v) is 28.2. The smallest absolute Gasteiger partial charge is 0.310 e. The molecule has 3 aromatic carbocycles. The van der Waals surface area contributed by atoms with Gasteiger partial charge in [0.2, 0.25) is 0 Å². The van der Waals surface area contributed by atoms with Gasteiger partial charge in [0, 0.05) is 15.4 Å². The van der Waals surface area contributed by atoms with Crippen LogP contribution in [0.4, 0.5) is 0 Å². The van der Waals surface area contributed by atoms with Gasteiger partial charge in [-0.05, 0) is 93.6 Å². The lowest BCUT2D eigenvalue weighted by Crippen LogP contribution is -2.54. The molecule has 0 heterocycles. The lowest BCUT2D eigenvalue weighted by molar-refractivity contribution is -0.255. The van der Waals surface area contributed by atoms with Crippen LogP contribution in [0.1, 0.15) is 33.3 Å². The highest BCUT2D eigenvalue weighted by atomic mass is 127. The van der Waals surface area contributed by atoms with Gasteiger partial charge in [0.15, 0.2) is 0 Å². The van der Waals surface area contributed by atoms with Crippen LogP contribution in [-0.4, -0.2) is 57.3 Å². The molecule has 0 N–H and O–H groups in total. The molecule has 7 rings (SSSR count). The average Bonchev–Trinajstić information content (AvgIpc) is 3.07. The first-order valence-electron chi connectivity index (χ1n) is 15.1. The van der Waals surface area contributed by atoms with E-state index in [4.69, 9.17) is 18.9 Å². The Hall–Kier alpha value is -4.21. The Morgan fingerprint density at radius 1 is 0.708 bits per heavy atom. The molecule has 48 heavy (non-hydrogen) atoms. The number of carboxylic acid groups (broad SMARTS) is 1. The predicted octanol–water partition coefficient (Wildman–Crippen LogP) is 3.59. The summed E-state index contributed by atoms with van der Waals surface area (Å²) in [5, 5.41) is 11.0. The Balaban J connectivity index is 1.16. The van der Waals surface area contributed by atoms with Crippen LogP contribution in [0, 0.1) is 27.2 Å². The molecular formula is C35H29IO11S-2. The Labute approximate surface area is 290 Å². The molecule has 0 amide bonds. The molecule has 6 atom stereocenters. The number of hydrogen-bond donors (Lipinski definition) is 0. The van der Waals surface area contributed by atoms with Gasteiger partial charge >= 0.3 is 11.9 Å². The van der Waals surface area contributed by atoms with Gasteiger partial charge in [-0.3, -0.25) is 9.59 Å². The van der Waals surface area contributed by atoms with Crippen molar-refractivity contribution in [2.75, 3.05) is 26.4 Å². The summed E-state index contributed by atoms with van der Waals surface area (Å²) in [5.74, 6) is -4.11. The molecule has 0 aliphatic heterocycles. The van der Waals surface area contributed by atoms with Gasteiger partial charge in [-0.15, -0.1) is 0 Å². The van der Waals surface area contributed by atoms with Crippen LogP contribution in [0.5, 0.6) is 11.5 Å². The van der Waals surface area contributed by atoms with Crippen molar-refractivity contribution >= 4 is 50.6 Å². The minimum absolute atomic E-state index is 0.00954. The summed E-state index contributed by atoms with van der Waals surface area (Å²) in [6.45, 7) is -0.270. The van der Waals surface area contributed by atoms with Crippen LogP contribution in [0.2, 0.25) is 0 Å². The van der Waals surface area contributed by atoms with Gasteiger partial charge in [-0.1, -0.05) is 48.6 Å². The number of carboxylic acids is 1. The largest absolute Gasteiger partial charge is 0.744 e. The number of carbonyl (C=O) groups excluding carboxylic acids is 3. The van der Waals surface area contributed by atoms with Crippen molar-refractivity contribution in [1.29, 1.82) is 0 Å².